The van der Waals surface area contributed by atoms with Crippen LogP contribution < -0.4 is 0 Å². The summed E-state index contributed by atoms with van der Waals surface area (Å²) in [5.74, 6) is 1.06. The molecule has 0 aromatic heterocycles. The average molecular weight is 273 g/mol. The first-order valence-electron chi connectivity index (χ1n) is 8.17. The molecule has 0 radical (unpaired) electrons. The Morgan fingerprint density at radius 3 is 1.22 bits per heavy atom. The number of hydrogen-bond acceptors (Lipinski definition) is 1. The van der Waals surface area contributed by atoms with E-state index in [9.17, 15) is 0 Å². The number of hydrogen-bond donors (Lipinski definition) is 1. The van der Waals surface area contributed by atoms with Crippen molar-refractivity contribution in [3.05, 3.63) is 0 Å². The van der Waals surface area contributed by atoms with Gasteiger partial charge in [-0.2, -0.15) is 12.6 Å². The summed E-state index contributed by atoms with van der Waals surface area (Å²) in [6.45, 7) is 7.04. The van der Waals surface area contributed by atoms with E-state index in [0.717, 1.165) is 5.75 Å². The van der Waals surface area contributed by atoms with Crippen molar-refractivity contribution in [1.82, 2.24) is 0 Å². The molecule has 0 atom stereocenters. The van der Waals surface area contributed by atoms with Gasteiger partial charge in [0.2, 0.25) is 0 Å². The number of thiol groups is 1. The molecule has 0 aliphatic heterocycles. The summed E-state index contributed by atoms with van der Waals surface area (Å²) in [7, 11) is 0. The first-order valence-corrected chi connectivity index (χ1v) is 8.80. The van der Waals surface area contributed by atoms with Crippen LogP contribution in [-0.4, -0.2) is 5.75 Å². The lowest BCUT2D eigenvalue weighted by molar-refractivity contribution is 0.356. The molecule has 18 heavy (non-hydrogen) atoms. The van der Waals surface area contributed by atoms with Gasteiger partial charge in [0.15, 0.2) is 0 Å². The average Bonchev–Trinajstić information content (AvgIpc) is 2.29. The van der Waals surface area contributed by atoms with E-state index in [0.29, 0.717) is 5.41 Å². The predicted molar refractivity (Wildman–Crippen MR) is 88.7 cm³/mol. The van der Waals surface area contributed by atoms with Crippen LogP contribution in [0, 0.1) is 5.41 Å². The molecule has 0 nitrogen and oxygen atoms in total. The normalized spacial score (nSPS) is 12.0. The Labute approximate surface area is 122 Å². The molecule has 0 amide bonds. The molecule has 0 aromatic carbocycles. The van der Waals surface area contributed by atoms with E-state index in [4.69, 9.17) is 0 Å². The first kappa shape index (κ1) is 18.4. The van der Waals surface area contributed by atoms with Gasteiger partial charge in [0.05, 0.1) is 0 Å². The zero-order valence-corrected chi connectivity index (χ0v) is 14.0. The summed E-state index contributed by atoms with van der Waals surface area (Å²) in [5, 5.41) is 0. The van der Waals surface area contributed by atoms with Crippen molar-refractivity contribution < 1.29 is 0 Å². The van der Waals surface area contributed by atoms with Crippen LogP contribution in [0.4, 0.5) is 0 Å². The van der Waals surface area contributed by atoms with Gasteiger partial charge in [-0.05, 0) is 24.0 Å². The Hall–Kier alpha value is 0.350. The SMILES string of the molecule is CC(C)(C)CCCCCCCCCCCCCS. The van der Waals surface area contributed by atoms with Gasteiger partial charge in [-0.1, -0.05) is 85.0 Å². The third-order valence-corrected chi connectivity index (χ3v) is 3.90. The number of unbranched alkanes of at least 4 members (excludes halogenated alkanes) is 10. The van der Waals surface area contributed by atoms with Crippen LogP contribution >= 0.6 is 12.6 Å². The second-order valence-corrected chi connectivity index (χ2v) is 7.37. The molecule has 110 valence electrons. The molecule has 0 heterocycles. The molecule has 0 N–H and O–H groups in total. The van der Waals surface area contributed by atoms with Crippen molar-refractivity contribution in [2.75, 3.05) is 5.75 Å². The minimum Gasteiger partial charge on any atom is -0.179 e. The van der Waals surface area contributed by atoms with Crippen molar-refractivity contribution >= 4 is 12.6 Å². The second kappa shape index (κ2) is 12.4. The minimum absolute atomic E-state index is 0.535. The van der Waals surface area contributed by atoms with E-state index < -0.39 is 0 Å². The van der Waals surface area contributed by atoms with Crippen LogP contribution in [0.3, 0.4) is 0 Å². The Kier molecular flexibility index (Phi) is 12.6. The van der Waals surface area contributed by atoms with Crippen LogP contribution in [0.5, 0.6) is 0 Å². The fourth-order valence-electron chi connectivity index (χ4n) is 2.36. The van der Waals surface area contributed by atoms with Crippen LogP contribution in [0.1, 0.15) is 97.8 Å². The maximum atomic E-state index is 4.24. The van der Waals surface area contributed by atoms with Crippen molar-refractivity contribution in [2.45, 2.75) is 97.8 Å². The van der Waals surface area contributed by atoms with E-state index in [-0.39, 0.29) is 0 Å². The van der Waals surface area contributed by atoms with Gasteiger partial charge < -0.3 is 0 Å². The van der Waals surface area contributed by atoms with Gasteiger partial charge in [0.1, 0.15) is 0 Å². The molecule has 0 rings (SSSR count). The zero-order valence-electron chi connectivity index (χ0n) is 13.1. The fraction of sp³-hybridized carbons (Fsp3) is 1.00. The summed E-state index contributed by atoms with van der Waals surface area (Å²) < 4.78 is 0. The molecule has 0 unspecified atom stereocenters. The highest BCUT2D eigenvalue weighted by Gasteiger charge is 2.08. The summed E-state index contributed by atoms with van der Waals surface area (Å²) in [5.41, 5.74) is 0.535. The quantitative estimate of drug-likeness (QED) is 0.298. The molecule has 0 spiro atoms. The van der Waals surface area contributed by atoms with E-state index in [1.807, 2.05) is 0 Å². The molecule has 0 aliphatic rings. The summed E-state index contributed by atoms with van der Waals surface area (Å²) in [6.07, 6.45) is 17.1. The molecular formula is C17H36S. The van der Waals surface area contributed by atoms with Crippen LogP contribution in [0.25, 0.3) is 0 Å². The van der Waals surface area contributed by atoms with Gasteiger partial charge >= 0.3 is 0 Å². The predicted octanol–water partition coefficient (Wildman–Crippen LogP) is 6.64. The summed E-state index contributed by atoms with van der Waals surface area (Å²) in [4.78, 5) is 0. The minimum atomic E-state index is 0.535. The molecule has 0 saturated heterocycles. The van der Waals surface area contributed by atoms with Gasteiger partial charge in [-0.25, -0.2) is 0 Å². The largest absolute Gasteiger partial charge is 0.179 e. The Morgan fingerprint density at radius 1 is 0.556 bits per heavy atom. The lowest BCUT2D eigenvalue weighted by atomic mass is 9.89. The molecule has 0 aromatic rings. The highest BCUT2D eigenvalue weighted by molar-refractivity contribution is 7.80. The summed E-state index contributed by atoms with van der Waals surface area (Å²) >= 11 is 4.24. The topological polar surface area (TPSA) is 0 Å². The summed E-state index contributed by atoms with van der Waals surface area (Å²) in [6, 6.07) is 0. The Balaban J connectivity index is 2.99. The third kappa shape index (κ3) is 16.4. The fourth-order valence-corrected chi connectivity index (χ4v) is 2.58. The molecule has 0 bridgehead atoms. The number of rotatable bonds is 12. The smallest absolute Gasteiger partial charge is 0.00979 e. The van der Waals surface area contributed by atoms with Crippen molar-refractivity contribution in [3.63, 3.8) is 0 Å². The maximum Gasteiger partial charge on any atom is -0.00979 e. The molecule has 0 aliphatic carbocycles. The van der Waals surface area contributed by atoms with Gasteiger partial charge in [-0.3, -0.25) is 0 Å². The van der Waals surface area contributed by atoms with Crippen molar-refractivity contribution in [1.29, 1.82) is 0 Å². The zero-order chi connectivity index (χ0) is 13.7. The standard InChI is InChI=1S/C17H36S/c1-17(2,3)15-13-11-9-7-5-4-6-8-10-12-14-16-18/h18H,4-16H2,1-3H3. The van der Waals surface area contributed by atoms with E-state index in [2.05, 4.69) is 33.4 Å². The molecular weight excluding hydrogens is 236 g/mol. The van der Waals surface area contributed by atoms with Gasteiger partial charge in [-0.15, -0.1) is 0 Å². The monoisotopic (exact) mass is 272 g/mol. The van der Waals surface area contributed by atoms with Crippen LogP contribution in [0.2, 0.25) is 0 Å². The third-order valence-electron chi connectivity index (χ3n) is 3.58. The lowest BCUT2D eigenvalue weighted by Gasteiger charge is -2.17. The Bertz CT molecular complexity index is 157. The maximum absolute atomic E-state index is 4.24. The highest BCUT2D eigenvalue weighted by atomic mass is 32.1. The van der Waals surface area contributed by atoms with E-state index >= 15 is 0 Å². The molecule has 0 saturated carbocycles. The van der Waals surface area contributed by atoms with E-state index in [1.54, 1.807) is 0 Å². The van der Waals surface area contributed by atoms with E-state index in [1.165, 1.54) is 77.0 Å². The van der Waals surface area contributed by atoms with Crippen LogP contribution in [0.15, 0.2) is 0 Å². The van der Waals surface area contributed by atoms with Crippen molar-refractivity contribution in [2.24, 2.45) is 5.41 Å². The Morgan fingerprint density at radius 2 is 0.889 bits per heavy atom. The van der Waals surface area contributed by atoms with Crippen LogP contribution in [-0.2, 0) is 0 Å². The molecule has 0 fully saturated rings. The first-order chi connectivity index (χ1) is 8.56. The highest BCUT2D eigenvalue weighted by Crippen LogP contribution is 2.22. The van der Waals surface area contributed by atoms with Gasteiger partial charge in [0.25, 0.3) is 0 Å². The van der Waals surface area contributed by atoms with Crippen molar-refractivity contribution in [3.8, 4) is 0 Å². The second-order valence-electron chi connectivity index (χ2n) is 6.92. The van der Waals surface area contributed by atoms with Gasteiger partial charge in [0, 0.05) is 0 Å². The lowest BCUT2D eigenvalue weighted by Crippen LogP contribution is -2.03. The molecule has 1 heteroatoms.